The van der Waals surface area contributed by atoms with Crippen LogP contribution in [-0.4, -0.2) is 28.1 Å². The molecule has 132 valence electrons. The first-order chi connectivity index (χ1) is 11.3. The van der Waals surface area contributed by atoms with E-state index in [0.29, 0.717) is 6.42 Å². The lowest BCUT2D eigenvalue weighted by Gasteiger charge is -2.50. The van der Waals surface area contributed by atoms with Crippen molar-refractivity contribution in [2.45, 2.75) is 84.0 Å². The van der Waals surface area contributed by atoms with Gasteiger partial charge < -0.3 is 5.32 Å². The van der Waals surface area contributed by atoms with E-state index in [1.54, 1.807) is 0 Å². The highest BCUT2D eigenvalue weighted by Crippen LogP contribution is 2.40. The smallest absolute Gasteiger partial charge is 0.222 e. The largest absolute Gasteiger partial charge is 0.352 e. The number of carbonyl (C=O) groups is 1. The Hall–Kier alpha value is -1.57. The normalized spacial score (nSPS) is 32.6. The number of hydroxylamine groups is 2. The summed E-state index contributed by atoms with van der Waals surface area (Å²) in [6, 6.07) is 11.7. The Balaban J connectivity index is 2.40. The standard InChI is InChI=1S/C20H30N2O2/c1-7-19(5)14-18(23)21-16(4)20(6,8-2)22(19)24-15(3)17-12-10-9-11-13-17/h10,12-13,15-16H,7-8,14H2,1-6H3,(H,21,23). The molecule has 0 spiro atoms. The van der Waals surface area contributed by atoms with Crippen LogP contribution in [0, 0.1) is 12.1 Å². The van der Waals surface area contributed by atoms with E-state index in [9.17, 15) is 4.79 Å². The van der Waals surface area contributed by atoms with Gasteiger partial charge in [-0.2, -0.15) is 5.06 Å². The van der Waals surface area contributed by atoms with Gasteiger partial charge in [-0.3, -0.25) is 9.63 Å². The van der Waals surface area contributed by atoms with Gasteiger partial charge in [0.1, 0.15) is 6.10 Å². The first kappa shape index (κ1) is 18.8. The van der Waals surface area contributed by atoms with Crippen LogP contribution in [0.3, 0.4) is 0 Å². The molecule has 4 unspecified atom stereocenters. The second kappa shape index (κ2) is 7.13. The summed E-state index contributed by atoms with van der Waals surface area (Å²) in [5.74, 6) is 0.0907. The summed E-state index contributed by atoms with van der Waals surface area (Å²) >= 11 is 0. The van der Waals surface area contributed by atoms with E-state index < -0.39 is 0 Å². The van der Waals surface area contributed by atoms with Crippen LogP contribution in [0.5, 0.6) is 0 Å². The second-order valence-corrected chi connectivity index (χ2v) is 7.34. The zero-order chi connectivity index (χ0) is 18.0. The molecular formula is C20H30N2O2. The molecule has 2 rings (SSSR count). The first-order valence-electron chi connectivity index (χ1n) is 8.91. The number of rotatable bonds is 5. The van der Waals surface area contributed by atoms with Gasteiger partial charge in [0, 0.05) is 12.5 Å². The summed E-state index contributed by atoms with van der Waals surface area (Å²) in [7, 11) is 0. The van der Waals surface area contributed by atoms with E-state index >= 15 is 0 Å². The molecule has 4 nitrogen and oxygen atoms in total. The van der Waals surface area contributed by atoms with Gasteiger partial charge in [-0.25, -0.2) is 0 Å². The molecule has 24 heavy (non-hydrogen) atoms. The van der Waals surface area contributed by atoms with Gasteiger partial charge in [-0.1, -0.05) is 26.0 Å². The molecule has 1 saturated heterocycles. The number of hydrogen-bond acceptors (Lipinski definition) is 3. The Kier molecular flexibility index (Phi) is 5.57. The van der Waals surface area contributed by atoms with Crippen molar-refractivity contribution < 1.29 is 9.63 Å². The second-order valence-electron chi connectivity index (χ2n) is 7.34. The summed E-state index contributed by atoms with van der Waals surface area (Å²) in [6.45, 7) is 12.7. The number of carbonyl (C=O) groups excluding carboxylic acids is 1. The van der Waals surface area contributed by atoms with Gasteiger partial charge in [0.2, 0.25) is 5.91 Å². The number of hydrogen-bond donors (Lipinski definition) is 1. The summed E-state index contributed by atoms with van der Waals surface area (Å²) in [5, 5.41) is 5.25. The summed E-state index contributed by atoms with van der Waals surface area (Å²) < 4.78 is 0. The SMILES string of the molecule is CCC1(C)CC(=O)NC(C)C(C)(CC)N1OC(C)c1cc#ccc1. The van der Waals surface area contributed by atoms with Crippen LogP contribution in [0.2, 0.25) is 0 Å². The van der Waals surface area contributed by atoms with Gasteiger partial charge >= 0.3 is 0 Å². The molecule has 1 aromatic carbocycles. The predicted molar refractivity (Wildman–Crippen MR) is 95.1 cm³/mol. The topological polar surface area (TPSA) is 41.6 Å². The van der Waals surface area contributed by atoms with E-state index in [1.165, 1.54) is 0 Å². The van der Waals surface area contributed by atoms with Crippen LogP contribution in [0.25, 0.3) is 0 Å². The Labute approximate surface area is 146 Å². The van der Waals surface area contributed by atoms with Crippen molar-refractivity contribution in [3.8, 4) is 0 Å². The van der Waals surface area contributed by atoms with Crippen LogP contribution < -0.4 is 5.32 Å². The lowest BCUT2D eigenvalue weighted by atomic mass is 9.85. The molecule has 1 fully saturated rings. The maximum absolute atomic E-state index is 12.4. The molecule has 0 aromatic heterocycles. The zero-order valence-corrected chi connectivity index (χ0v) is 15.8. The molecule has 1 aromatic rings. The Morgan fingerprint density at radius 2 is 2.08 bits per heavy atom. The summed E-state index contributed by atoms with van der Waals surface area (Å²) in [5.41, 5.74) is 0.427. The zero-order valence-electron chi connectivity index (χ0n) is 15.8. The van der Waals surface area contributed by atoms with Crippen molar-refractivity contribution in [1.82, 2.24) is 10.4 Å². The summed E-state index contributed by atoms with van der Waals surface area (Å²) in [4.78, 5) is 18.9. The average Bonchev–Trinajstić information content (AvgIpc) is 2.65. The number of nitrogens with one attached hydrogen (secondary N) is 1. The highest BCUT2D eigenvalue weighted by Gasteiger charge is 2.50. The Bertz CT molecular complexity index is 562. The maximum Gasteiger partial charge on any atom is 0.222 e. The van der Waals surface area contributed by atoms with Gasteiger partial charge in [-0.05, 0) is 64.3 Å². The van der Waals surface area contributed by atoms with Gasteiger partial charge in [0.05, 0.1) is 11.1 Å². The molecule has 0 bridgehead atoms. The fraction of sp³-hybridized carbons (Fsp3) is 0.650. The first-order valence-corrected chi connectivity index (χ1v) is 8.91. The number of nitrogens with zero attached hydrogens (tertiary/aromatic N) is 1. The molecule has 4 heteroatoms. The maximum atomic E-state index is 12.4. The van der Waals surface area contributed by atoms with Crippen LogP contribution in [-0.2, 0) is 9.63 Å². The Morgan fingerprint density at radius 3 is 2.62 bits per heavy atom. The monoisotopic (exact) mass is 330 g/mol. The van der Waals surface area contributed by atoms with Crippen molar-refractivity contribution in [3.05, 3.63) is 35.9 Å². The average molecular weight is 330 g/mol. The minimum absolute atomic E-state index is 0.00578. The van der Waals surface area contributed by atoms with Crippen molar-refractivity contribution >= 4 is 5.91 Å². The van der Waals surface area contributed by atoms with Crippen LogP contribution in [0.15, 0.2) is 18.2 Å². The highest BCUT2D eigenvalue weighted by molar-refractivity contribution is 5.78. The number of amides is 1. The lowest BCUT2D eigenvalue weighted by Crippen LogP contribution is -2.62. The minimum Gasteiger partial charge on any atom is -0.352 e. The third-order valence-corrected chi connectivity index (χ3v) is 5.70. The van der Waals surface area contributed by atoms with Crippen molar-refractivity contribution in [3.63, 3.8) is 0 Å². The van der Waals surface area contributed by atoms with E-state index in [1.807, 2.05) is 25.1 Å². The quantitative estimate of drug-likeness (QED) is 0.892. The van der Waals surface area contributed by atoms with Crippen LogP contribution in [0.1, 0.15) is 72.5 Å². The third-order valence-electron chi connectivity index (χ3n) is 5.70. The molecule has 1 aliphatic rings. The van der Waals surface area contributed by atoms with Crippen molar-refractivity contribution in [1.29, 1.82) is 0 Å². The van der Waals surface area contributed by atoms with E-state index in [4.69, 9.17) is 4.84 Å². The lowest BCUT2D eigenvalue weighted by molar-refractivity contribution is -0.300. The fourth-order valence-corrected chi connectivity index (χ4v) is 3.46. The molecule has 1 N–H and O–H groups in total. The fourth-order valence-electron chi connectivity index (χ4n) is 3.46. The highest BCUT2D eigenvalue weighted by atomic mass is 16.7. The third kappa shape index (κ3) is 3.43. The van der Waals surface area contributed by atoms with Crippen LogP contribution in [0.4, 0.5) is 0 Å². The molecular weight excluding hydrogens is 300 g/mol. The molecule has 0 radical (unpaired) electrons. The van der Waals surface area contributed by atoms with Crippen molar-refractivity contribution in [2.24, 2.45) is 0 Å². The molecule has 1 heterocycles. The molecule has 1 aliphatic heterocycles. The molecule has 4 atom stereocenters. The van der Waals surface area contributed by atoms with E-state index in [2.05, 4.69) is 57.1 Å². The van der Waals surface area contributed by atoms with E-state index in [0.717, 1.165) is 18.4 Å². The summed E-state index contributed by atoms with van der Waals surface area (Å²) in [6.07, 6.45) is 2.04. The minimum atomic E-state index is -0.349. The Morgan fingerprint density at radius 1 is 1.38 bits per heavy atom. The van der Waals surface area contributed by atoms with Crippen LogP contribution >= 0.6 is 0 Å². The van der Waals surface area contributed by atoms with Gasteiger partial charge in [-0.15, -0.1) is 0 Å². The van der Waals surface area contributed by atoms with E-state index in [-0.39, 0.29) is 29.1 Å². The van der Waals surface area contributed by atoms with Gasteiger partial charge in [0.25, 0.3) is 0 Å². The molecule has 0 aliphatic carbocycles. The van der Waals surface area contributed by atoms with Gasteiger partial charge in [0.15, 0.2) is 0 Å². The molecule has 0 saturated carbocycles. The van der Waals surface area contributed by atoms with Crippen molar-refractivity contribution in [2.75, 3.05) is 0 Å². The predicted octanol–water partition coefficient (Wildman–Crippen LogP) is 3.83. The molecule has 1 amide bonds.